The van der Waals surface area contributed by atoms with E-state index in [1.54, 1.807) is 12.1 Å². The van der Waals surface area contributed by atoms with Crippen LogP contribution in [0.5, 0.6) is 0 Å². The van der Waals surface area contributed by atoms with Gasteiger partial charge in [-0.05, 0) is 31.4 Å². The SMILES string of the molecule is N[C@@H](CCCCNc1ccc([N+](=O)[O-])cc1)C(=O)O. The predicted octanol–water partition coefficient (Wildman–Crippen LogP) is 1.59. The number of carboxylic acids is 1. The van der Waals surface area contributed by atoms with Crippen LogP contribution in [-0.4, -0.2) is 28.6 Å². The molecule has 0 saturated carbocycles. The highest BCUT2D eigenvalue weighted by molar-refractivity contribution is 5.72. The minimum atomic E-state index is -0.983. The van der Waals surface area contributed by atoms with Gasteiger partial charge in [0.25, 0.3) is 5.69 Å². The van der Waals surface area contributed by atoms with E-state index in [4.69, 9.17) is 10.8 Å². The fourth-order valence-electron chi connectivity index (χ4n) is 1.55. The number of unbranched alkanes of at least 4 members (excludes halogenated alkanes) is 1. The summed E-state index contributed by atoms with van der Waals surface area (Å²) >= 11 is 0. The maximum Gasteiger partial charge on any atom is 0.320 e. The molecule has 0 amide bonds. The van der Waals surface area contributed by atoms with Crippen LogP contribution in [0.4, 0.5) is 11.4 Å². The van der Waals surface area contributed by atoms with Crippen molar-refractivity contribution in [3.8, 4) is 0 Å². The molecule has 0 aromatic heterocycles. The number of aliphatic carboxylic acids is 1. The molecule has 0 heterocycles. The maximum absolute atomic E-state index is 10.5. The Hall–Kier alpha value is -2.15. The van der Waals surface area contributed by atoms with E-state index in [1.165, 1.54) is 12.1 Å². The van der Waals surface area contributed by atoms with Gasteiger partial charge < -0.3 is 16.2 Å². The van der Waals surface area contributed by atoms with Crippen molar-refractivity contribution in [3.63, 3.8) is 0 Å². The van der Waals surface area contributed by atoms with Crippen molar-refractivity contribution in [2.45, 2.75) is 25.3 Å². The third kappa shape index (κ3) is 5.35. The van der Waals surface area contributed by atoms with Crippen LogP contribution in [0, 0.1) is 10.1 Å². The standard InChI is InChI=1S/C12H17N3O4/c13-11(12(16)17)3-1-2-8-14-9-4-6-10(7-5-9)15(18)19/h4-7,11,14H,1-3,8,13H2,(H,16,17)/t11-/m0/s1. The molecule has 0 aliphatic heterocycles. The molecule has 0 fully saturated rings. The van der Waals surface area contributed by atoms with Crippen molar-refractivity contribution in [3.05, 3.63) is 34.4 Å². The molecule has 104 valence electrons. The second-order valence-corrected chi connectivity index (χ2v) is 4.17. The Bertz CT molecular complexity index is 433. The molecule has 1 aromatic rings. The average Bonchev–Trinajstić information content (AvgIpc) is 2.38. The number of nitrogens with zero attached hydrogens (tertiary/aromatic N) is 1. The predicted molar refractivity (Wildman–Crippen MR) is 71.0 cm³/mol. The van der Waals surface area contributed by atoms with E-state index in [0.29, 0.717) is 19.4 Å². The van der Waals surface area contributed by atoms with Gasteiger partial charge in [-0.2, -0.15) is 0 Å². The van der Waals surface area contributed by atoms with Gasteiger partial charge in [-0.1, -0.05) is 0 Å². The van der Waals surface area contributed by atoms with E-state index >= 15 is 0 Å². The number of benzene rings is 1. The molecular weight excluding hydrogens is 250 g/mol. The molecule has 7 nitrogen and oxygen atoms in total. The fourth-order valence-corrected chi connectivity index (χ4v) is 1.55. The fraction of sp³-hybridized carbons (Fsp3) is 0.417. The number of hydrogen-bond donors (Lipinski definition) is 3. The van der Waals surface area contributed by atoms with Gasteiger partial charge >= 0.3 is 5.97 Å². The summed E-state index contributed by atoms with van der Waals surface area (Å²) in [4.78, 5) is 20.5. The second-order valence-electron chi connectivity index (χ2n) is 4.17. The molecule has 0 bridgehead atoms. The first-order valence-electron chi connectivity index (χ1n) is 5.97. The van der Waals surface area contributed by atoms with E-state index in [2.05, 4.69) is 5.32 Å². The van der Waals surface area contributed by atoms with Crippen molar-refractivity contribution in [2.75, 3.05) is 11.9 Å². The zero-order valence-corrected chi connectivity index (χ0v) is 10.4. The number of hydrogen-bond acceptors (Lipinski definition) is 5. The highest BCUT2D eigenvalue weighted by Gasteiger charge is 2.09. The molecule has 0 spiro atoms. The lowest BCUT2D eigenvalue weighted by atomic mass is 10.1. The third-order valence-electron chi connectivity index (χ3n) is 2.67. The van der Waals surface area contributed by atoms with Gasteiger partial charge in [0.2, 0.25) is 0 Å². The van der Waals surface area contributed by atoms with Crippen LogP contribution in [0.3, 0.4) is 0 Å². The van der Waals surface area contributed by atoms with Gasteiger partial charge in [0.05, 0.1) is 4.92 Å². The van der Waals surface area contributed by atoms with Gasteiger partial charge in [-0.15, -0.1) is 0 Å². The molecule has 0 saturated heterocycles. The molecule has 0 aliphatic carbocycles. The first-order chi connectivity index (χ1) is 9.00. The topological polar surface area (TPSA) is 118 Å². The number of nitro groups is 1. The van der Waals surface area contributed by atoms with Gasteiger partial charge in [0.15, 0.2) is 0 Å². The largest absolute Gasteiger partial charge is 0.480 e. The Kier molecular flexibility index (Phi) is 5.74. The van der Waals surface area contributed by atoms with E-state index in [-0.39, 0.29) is 5.69 Å². The van der Waals surface area contributed by atoms with Crippen LogP contribution >= 0.6 is 0 Å². The highest BCUT2D eigenvalue weighted by Crippen LogP contribution is 2.15. The monoisotopic (exact) mass is 267 g/mol. The Labute approximate surface area is 110 Å². The molecule has 1 aromatic carbocycles. The molecular formula is C12H17N3O4. The number of nitrogens with one attached hydrogen (secondary N) is 1. The summed E-state index contributed by atoms with van der Waals surface area (Å²) in [6.45, 7) is 0.671. The van der Waals surface area contributed by atoms with E-state index < -0.39 is 16.9 Å². The lowest BCUT2D eigenvalue weighted by Gasteiger charge is -2.07. The average molecular weight is 267 g/mol. The zero-order valence-electron chi connectivity index (χ0n) is 10.4. The van der Waals surface area contributed by atoms with Crippen molar-refractivity contribution in [1.82, 2.24) is 0 Å². The van der Waals surface area contributed by atoms with Crippen molar-refractivity contribution < 1.29 is 14.8 Å². The summed E-state index contributed by atoms with van der Waals surface area (Å²) in [5.74, 6) is -0.983. The minimum absolute atomic E-state index is 0.0537. The van der Waals surface area contributed by atoms with Crippen LogP contribution in [0.2, 0.25) is 0 Å². The Morgan fingerprint density at radius 1 is 1.37 bits per heavy atom. The molecule has 4 N–H and O–H groups in total. The number of nitro benzene ring substituents is 1. The number of non-ortho nitro benzene ring substituents is 1. The summed E-state index contributed by atoms with van der Waals surface area (Å²) in [5, 5.41) is 22.2. The molecule has 1 rings (SSSR count). The third-order valence-corrected chi connectivity index (χ3v) is 2.67. The molecule has 0 unspecified atom stereocenters. The number of nitrogens with two attached hydrogens (primary N) is 1. The lowest BCUT2D eigenvalue weighted by molar-refractivity contribution is -0.384. The van der Waals surface area contributed by atoms with Crippen LogP contribution < -0.4 is 11.1 Å². The Balaban J connectivity index is 2.22. The highest BCUT2D eigenvalue weighted by atomic mass is 16.6. The second kappa shape index (κ2) is 7.32. The van der Waals surface area contributed by atoms with Crippen molar-refractivity contribution >= 4 is 17.3 Å². The van der Waals surface area contributed by atoms with Gasteiger partial charge in [0.1, 0.15) is 6.04 Å². The van der Waals surface area contributed by atoms with Crippen LogP contribution in [0.1, 0.15) is 19.3 Å². The molecule has 0 radical (unpaired) electrons. The Morgan fingerprint density at radius 2 is 2.00 bits per heavy atom. The summed E-state index contributed by atoms with van der Waals surface area (Å²) < 4.78 is 0. The van der Waals surface area contributed by atoms with Gasteiger partial charge in [-0.3, -0.25) is 14.9 Å². The number of carbonyl (C=O) groups is 1. The summed E-state index contributed by atoms with van der Waals surface area (Å²) in [5.41, 5.74) is 6.22. The van der Waals surface area contributed by atoms with Crippen LogP contribution in [-0.2, 0) is 4.79 Å². The quantitative estimate of drug-likeness (QED) is 0.374. The molecule has 7 heteroatoms. The van der Waals surface area contributed by atoms with E-state index in [1.807, 2.05) is 0 Å². The Morgan fingerprint density at radius 3 is 2.53 bits per heavy atom. The summed E-state index contributed by atoms with van der Waals surface area (Å²) in [6.07, 6.45) is 1.95. The first-order valence-corrected chi connectivity index (χ1v) is 5.97. The number of carboxylic acid groups (broad SMARTS) is 1. The normalized spacial score (nSPS) is 11.8. The van der Waals surface area contributed by atoms with E-state index in [9.17, 15) is 14.9 Å². The number of anilines is 1. The van der Waals surface area contributed by atoms with Gasteiger partial charge in [0, 0.05) is 24.4 Å². The maximum atomic E-state index is 10.5. The first kappa shape index (κ1) is 14.9. The van der Waals surface area contributed by atoms with Crippen LogP contribution in [0.25, 0.3) is 0 Å². The zero-order chi connectivity index (χ0) is 14.3. The smallest absolute Gasteiger partial charge is 0.320 e. The molecule has 1 atom stereocenters. The van der Waals surface area contributed by atoms with Crippen LogP contribution in [0.15, 0.2) is 24.3 Å². The van der Waals surface area contributed by atoms with Crippen molar-refractivity contribution in [2.24, 2.45) is 5.73 Å². The number of rotatable bonds is 8. The van der Waals surface area contributed by atoms with Gasteiger partial charge in [-0.25, -0.2) is 0 Å². The lowest BCUT2D eigenvalue weighted by Crippen LogP contribution is -2.29. The minimum Gasteiger partial charge on any atom is -0.480 e. The van der Waals surface area contributed by atoms with Crippen molar-refractivity contribution in [1.29, 1.82) is 0 Å². The summed E-state index contributed by atoms with van der Waals surface area (Å²) in [6, 6.07) is 5.34. The van der Waals surface area contributed by atoms with E-state index in [0.717, 1.165) is 12.1 Å². The summed E-state index contributed by atoms with van der Waals surface area (Å²) in [7, 11) is 0. The molecule has 0 aliphatic rings. The molecule has 19 heavy (non-hydrogen) atoms.